The molecule has 8 heteroatoms. The zero-order chi connectivity index (χ0) is 20.1. The summed E-state index contributed by atoms with van der Waals surface area (Å²) in [5.41, 5.74) is 1.88. The molecule has 4 aromatic rings. The van der Waals surface area contributed by atoms with Gasteiger partial charge in [-0.3, -0.25) is 0 Å². The lowest BCUT2D eigenvalue weighted by Gasteiger charge is -2.00. The predicted molar refractivity (Wildman–Crippen MR) is 103 cm³/mol. The van der Waals surface area contributed by atoms with E-state index in [1.807, 2.05) is 35.0 Å². The van der Waals surface area contributed by atoms with Crippen LogP contribution in [0.5, 0.6) is 0 Å². The highest BCUT2D eigenvalue weighted by Crippen LogP contribution is 2.23. The molecular formula is C21H16N4O4. The highest BCUT2D eigenvalue weighted by Gasteiger charge is 2.12. The van der Waals surface area contributed by atoms with Crippen LogP contribution in [-0.4, -0.2) is 20.7 Å². The number of carbonyl (C=O) groups is 1. The minimum Gasteiger partial charge on any atom is -0.459 e. The molecule has 29 heavy (non-hydrogen) atoms. The number of furan rings is 1. The molecule has 0 fully saturated rings. The van der Waals surface area contributed by atoms with Crippen molar-refractivity contribution in [1.82, 2.24) is 14.8 Å². The molecule has 0 amide bonds. The van der Waals surface area contributed by atoms with Crippen molar-refractivity contribution in [2.24, 2.45) is 0 Å². The lowest BCUT2D eigenvalue weighted by atomic mass is 10.1. The van der Waals surface area contributed by atoms with E-state index in [9.17, 15) is 4.79 Å². The summed E-state index contributed by atoms with van der Waals surface area (Å²) in [6.45, 7) is 0.450. The molecule has 8 nitrogen and oxygen atoms in total. The minimum atomic E-state index is -0.531. The van der Waals surface area contributed by atoms with Gasteiger partial charge in [-0.05, 0) is 24.3 Å². The highest BCUT2D eigenvalue weighted by molar-refractivity contribution is 5.94. The third-order valence-corrected chi connectivity index (χ3v) is 4.22. The van der Waals surface area contributed by atoms with Gasteiger partial charge in [-0.2, -0.15) is 5.26 Å². The Kier molecular flexibility index (Phi) is 5.21. The van der Waals surface area contributed by atoms with Gasteiger partial charge in [-0.1, -0.05) is 18.2 Å². The van der Waals surface area contributed by atoms with Crippen LogP contribution in [0.3, 0.4) is 0 Å². The van der Waals surface area contributed by atoms with E-state index in [-0.39, 0.29) is 18.4 Å². The van der Waals surface area contributed by atoms with E-state index < -0.39 is 5.97 Å². The number of ether oxygens (including phenoxy) is 1. The molecule has 1 aromatic carbocycles. The summed E-state index contributed by atoms with van der Waals surface area (Å²) in [7, 11) is 0. The second-order valence-electron chi connectivity index (χ2n) is 6.12. The van der Waals surface area contributed by atoms with E-state index in [1.54, 1.807) is 18.2 Å². The van der Waals surface area contributed by atoms with Crippen molar-refractivity contribution in [2.75, 3.05) is 0 Å². The third kappa shape index (κ3) is 4.09. The van der Waals surface area contributed by atoms with E-state index in [1.165, 1.54) is 12.3 Å². The molecule has 0 aliphatic rings. The fraction of sp³-hybridized carbons (Fsp3) is 0.143. The molecular weight excluding hydrogens is 372 g/mol. The van der Waals surface area contributed by atoms with Gasteiger partial charge in [0, 0.05) is 35.3 Å². The number of para-hydroxylation sites is 1. The van der Waals surface area contributed by atoms with Gasteiger partial charge in [0.05, 0.1) is 18.8 Å². The van der Waals surface area contributed by atoms with Crippen LogP contribution in [0.1, 0.15) is 17.9 Å². The maximum atomic E-state index is 12.1. The summed E-state index contributed by atoms with van der Waals surface area (Å²) in [5.74, 6) is 0.312. The lowest BCUT2D eigenvalue weighted by molar-refractivity contribution is -0.139. The molecule has 3 aromatic heterocycles. The molecule has 0 bridgehead atoms. The minimum absolute atomic E-state index is 0.138. The number of aryl methyl sites for hydroxylation is 1. The number of rotatable bonds is 7. The molecule has 0 radical (unpaired) electrons. The molecule has 0 aliphatic carbocycles. The van der Waals surface area contributed by atoms with Crippen LogP contribution in [-0.2, 0) is 22.7 Å². The van der Waals surface area contributed by atoms with Crippen molar-refractivity contribution < 1.29 is 18.4 Å². The number of nitrogens with zero attached hydrogens (tertiary/aromatic N) is 4. The fourth-order valence-corrected chi connectivity index (χ4v) is 2.91. The first-order chi connectivity index (χ1) is 14.2. The van der Waals surface area contributed by atoms with Crippen LogP contribution in [0, 0.1) is 11.3 Å². The van der Waals surface area contributed by atoms with E-state index in [4.69, 9.17) is 18.8 Å². The summed E-state index contributed by atoms with van der Waals surface area (Å²) in [5, 5.41) is 17.5. The Hall–Kier alpha value is -4.12. The fourth-order valence-electron chi connectivity index (χ4n) is 2.91. The second-order valence-corrected chi connectivity index (χ2v) is 6.12. The number of nitriles is 1. The summed E-state index contributed by atoms with van der Waals surface area (Å²) < 4.78 is 17.7. The second kappa shape index (κ2) is 8.27. The van der Waals surface area contributed by atoms with Gasteiger partial charge in [0.1, 0.15) is 0 Å². The number of hydrogen-bond donors (Lipinski definition) is 0. The average molecular weight is 388 g/mol. The zero-order valence-electron chi connectivity index (χ0n) is 15.3. The SMILES string of the molecule is N#CCCn1cc(/C=C/C(=O)OCc2nnc(-c3ccco3)o2)c2ccccc21. The highest BCUT2D eigenvalue weighted by atomic mass is 16.5. The van der Waals surface area contributed by atoms with Crippen molar-refractivity contribution in [2.45, 2.75) is 19.6 Å². The summed E-state index contributed by atoms with van der Waals surface area (Å²) in [6, 6.07) is 13.4. The molecule has 4 rings (SSSR count). The van der Waals surface area contributed by atoms with Crippen LogP contribution in [0.25, 0.3) is 28.6 Å². The topological polar surface area (TPSA) is 107 Å². The first-order valence-electron chi connectivity index (χ1n) is 8.90. The van der Waals surface area contributed by atoms with E-state index in [2.05, 4.69) is 16.3 Å². The Labute approximate surface area is 165 Å². The number of hydrogen-bond acceptors (Lipinski definition) is 7. The summed E-state index contributed by atoms with van der Waals surface area (Å²) >= 11 is 0. The Balaban J connectivity index is 1.42. The van der Waals surface area contributed by atoms with Crippen LogP contribution in [0.2, 0.25) is 0 Å². The quantitative estimate of drug-likeness (QED) is 0.348. The number of fused-ring (bicyclic) bond motifs is 1. The van der Waals surface area contributed by atoms with E-state index >= 15 is 0 Å². The van der Waals surface area contributed by atoms with Gasteiger partial charge in [-0.25, -0.2) is 4.79 Å². The first-order valence-corrected chi connectivity index (χ1v) is 8.90. The van der Waals surface area contributed by atoms with E-state index in [0.717, 1.165) is 16.5 Å². The molecule has 0 unspecified atom stereocenters. The Morgan fingerprint density at radius 2 is 2.14 bits per heavy atom. The van der Waals surface area contributed by atoms with Gasteiger partial charge in [0.15, 0.2) is 12.4 Å². The molecule has 0 saturated heterocycles. The van der Waals surface area contributed by atoms with Gasteiger partial charge in [-0.15, -0.1) is 10.2 Å². The van der Waals surface area contributed by atoms with E-state index in [0.29, 0.717) is 18.7 Å². The van der Waals surface area contributed by atoms with Crippen LogP contribution < -0.4 is 0 Å². The van der Waals surface area contributed by atoms with Crippen molar-refractivity contribution in [3.63, 3.8) is 0 Å². The summed E-state index contributed by atoms with van der Waals surface area (Å²) in [6.07, 6.45) is 6.87. The Morgan fingerprint density at radius 1 is 1.24 bits per heavy atom. The van der Waals surface area contributed by atoms with Crippen molar-refractivity contribution >= 4 is 22.9 Å². The molecule has 0 atom stereocenters. The molecule has 0 aliphatic heterocycles. The van der Waals surface area contributed by atoms with Crippen molar-refractivity contribution in [3.8, 4) is 17.7 Å². The molecule has 0 spiro atoms. The summed E-state index contributed by atoms with van der Waals surface area (Å²) in [4.78, 5) is 12.1. The van der Waals surface area contributed by atoms with Gasteiger partial charge in [0.2, 0.25) is 0 Å². The van der Waals surface area contributed by atoms with Gasteiger partial charge in [0.25, 0.3) is 11.8 Å². The number of benzene rings is 1. The zero-order valence-corrected chi connectivity index (χ0v) is 15.3. The average Bonchev–Trinajstić information content (AvgIpc) is 3.49. The Bertz CT molecular complexity index is 1200. The maximum absolute atomic E-state index is 12.1. The maximum Gasteiger partial charge on any atom is 0.331 e. The largest absolute Gasteiger partial charge is 0.459 e. The third-order valence-electron chi connectivity index (χ3n) is 4.22. The number of esters is 1. The normalized spacial score (nSPS) is 11.1. The number of aromatic nitrogens is 3. The predicted octanol–water partition coefficient (Wildman–Crippen LogP) is 3.95. The molecule has 0 saturated carbocycles. The molecule has 0 N–H and O–H groups in total. The van der Waals surface area contributed by atoms with Crippen LogP contribution >= 0.6 is 0 Å². The van der Waals surface area contributed by atoms with Crippen LogP contribution in [0.15, 0.2) is 63.8 Å². The monoisotopic (exact) mass is 388 g/mol. The standard InChI is InChI=1S/C21H16N4O4/c22-10-4-11-25-13-15(16-5-1-2-6-17(16)25)8-9-20(26)28-14-19-23-24-21(29-19)18-7-3-12-27-18/h1-3,5-9,12-13H,4,11,14H2/b9-8+. The first kappa shape index (κ1) is 18.3. The van der Waals surface area contributed by atoms with Crippen molar-refractivity contribution in [3.05, 3.63) is 66.4 Å². The molecule has 3 heterocycles. The van der Waals surface area contributed by atoms with Gasteiger partial charge >= 0.3 is 5.97 Å². The number of carbonyl (C=O) groups excluding carboxylic acids is 1. The van der Waals surface area contributed by atoms with Gasteiger partial charge < -0.3 is 18.1 Å². The van der Waals surface area contributed by atoms with Crippen LogP contribution in [0.4, 0.5) is 0 Å². The van der Waals surface area contributed by atoms with Crippen molar-refractivity contribution in [1.29, 1.82) is 5.26 Å². The smallest absolute Gasteiger partial charge is 0.331 e. The Morgan fingerprint density at radius 3 is 2.97 bits per heavy atom. The molecule has 144 valence electrons. The lowest BCUT2D eigenvalue weighted by Crippen LogP contribution is -2.00.